The summed E-state index contributed by atoms with van der Waals surface area (Å²) in [4.78, 5) is 25.0. The molecular weight excluding hydrogens is 392 g/mol. The highest BCUT2D eigenvalue weighted by molar-refractivity contribution is 7.99. The van der Waals surface area contributed by atoms with Crippen LogP contribution in [0.1, 0.15) is 44.7 Å². The van der Waals surface area contributed by atoms with E-state index in [1.54, 1.807) is 12.1 Å². The Morgan fingerprint density at radius 2 is 1.93 bits per heavy atom. The minimum absolute atomic E-state index is 0.0213. The molecule has 1 aromatic carbocycles. The number of ketones is 1. The topological polar surface area (TPSA) is 90.9 Å². The first-order chi connectivity index (χ1) is 13.6. The fourth-order valence-corrected chi connectivity index (χ4v) is 4.84. The van der Waals surface area contributed by atoms with Crippen LogP contribution in [0.3, 0.4) is 0 Å². The summed E-state index contributed by atoms with van der Waals surface area (Å²) in [6, 6.07) is 13.8. The van der Waals surface area contributed by atoms with Crippen molar-refractivity contribution in [3.05, 3.63) is 63.6 Å². The number of thiophene rings is 1. The number of primary amides is 1. The van der Waals surface area contributed by atoms with Crippen LogP contribution in [0, 0.1) is 0 Å². The maximum Gasteiger partial charge on any atom is 0.222 e. The molecule has 6 nitrogen and oxygen atoms in total. The van der Waals surface area contributed by atoms with Crippen molar-refractivity contribution in [1.29, 1.82) is 0 Å². The zero-order valence-electron chi connectivity index (χ0n) is 15.2. The van der Waals surface area contributed by atoms with Gasteiger partial charge in [0, 0.05) is 10.8 Å². The van der Waals surface area contributed by atoms with Gasteiger partial charge in [0.05, 0.1) is 23.6 Å². The number of carbonyl (C=O) groups is 2. The highest BCUT2D eigenvalue weighted by atomic mass is 32.2. The van der Waals surface area contributed by atoms with Crippen molar-refractivity contribution in [2.75, 3.05) is 5.75 Å². The number of aromatic nitrogens is 3. The number of amides is 1. The SMILES string of the molecule is NC(=O)Cc1ccc(C(=O)CSc2nnc(C3CC3)n2Cc2ccccc2)s1. The smallest absolute Gasteiger partial charge is 0.222 e. The molecule has 3 aromatic rings. The van der Waals surface area contributed by atoms with Crippen molar-refractivity contribution in [1.82, 2.24) is 14.8 Å². The molecule has 0 aliphatic heterocycles. The Balaban J connectivity index is 1.46. The summed E-state index contributed by atoms with van der Waals surface area (Å²) < 4.78 is 2.14. The molecule has 2 aromatic heterocycles. The van der Waals surface area contributed by atoms with Crippen LogP contribution in [0.15, 0.2) is 47.6 Å². The summed E-state index contributed by atoms with van der Waals surface area (Å²) in [5, 5.41) is 9.51. The van der Waals surface area contributed by atoms with Gasteiger partial charge in [0.2, 0.25) is 5.91 Å². The summed E-state index contributed by atoms with van der Waals surface area (Å²) in [5.41, 5.74) is 6.40. The fraction of sp³-hybridized carbons (Fsp3) is 0.300. The Kier molecular flexibility index (Phi) is 5.59. The van der Waals surface area contributed by atoms with Crippen LogP contribution in [0.4, 0.5) is 0 Å². The van der Waals surface area contributed by atoms with Gasteiger partial charge in [-0.1, -0.05) is 42.1 Å². The third-order valence-corrected chi connectivity index (χ3v) is 6.58. The van der Waals surface area contributed by atoms with Crippen LogP contribution in [-0.2, 0) is 17.8 Å². The van der Waals surface area contributed by atoms with Crippen LogP contribution in [0.5, 0.6) is 0 Å². The molecule has 4 rings (SSSR count). The van der Waals surface area contributed by atoms with Gasteiger partial charge >= 0.3 is 0 Å². The maximum absolute atomic E-state index is 12.6. The predicted molar refractivity (Wildman–Crippen MR) is 110 cm³/mol. The highest BCUT2D eigenvalue weighted by Gasteiger charge is 2.30. The lowest BCUT2D eigenvalue weighted by molar-refractivity contribution is -0.117. The lowest BCUT2D eigenvalue weighted by Crippen LogP contribution is -2.12. The van der Waals surface area contributed by atoms with Crippen molar-refractivity contribution >= 4 is 34.8 Å². The normalized spacial score (nSPS) is 13.6. The molecular formula is C20H20N4O2S2. The molecule has 1 saturated carbocycles. The van der Waals surface area contributed by atoms with Gasteiger partial charge in [-0.25, -0.2) is 0 Å². The van der Waals surface area contributed by atoms with Gasteiger partial charge < -0.3 is 10.3 Å². The quantitative estimate of drug-likeness (QED) is 0.430. The second kappa shape index (κ2) is 8.28. The number of hydrogen-bond acceptors (Lipinski definition) is 6. The number of nitrogens with zero attached hydrogens (tertiary/aromatic N) is 3. The third-order valence-electron chi connectivity index (χ3n) is 4.49. The molecule has 0 atom stereocenters. The summed E-state index contributed by atoms with van der Waals surface area (Å²) >= 11 is 2.74. The predicted octanol–water partition coefficient (Wildman–Crippen LogP) is 3.27. The molecule has 1 aliphatic rings. The Morgan fingerprint density at radius 1 is 1.14 bits per heavy atom. The molecule has 0 spiro atoms. The standard InChI is InChI=1S/C20H20N4O2S2/c21-18(26)10-15-8-9-17(28-15)16(25)12-27-20-23-22-19(14-6-7-14)24(20)11-13-4-2-1-3-5-13/h1-5,8-9,14H,6-7,10-12H2,(H2,21,26). The Bertz CT molecular complexity index is 993. The monoisotopic (exact) mass is 412 g/mol. The lowest BCUT2D eigenvalue weighted by atomic mass is 10.2. The third kappa shape index (κ3) is 4.51. The van der Waals surface area contributed by atoms with Crippen molar-refractivity contribution in [2.24, 2.45) is 5.73 Å². The van der Waals surface area contributed by atoms with Gasteiger partial charge in [-0.3, -0.25) is 9.59 Å². The van der Waals surface area contributed by atoms with E-state index in [9.17, 15) is 9.59 Å². The van der Waals surface area contributed by atoms with E-state index in [0.29, 0.717) is 17.3 Å². The van der Waals surface area contributed by atoms with E-state index in [4.69, 9.17) is 5.73 Å². The first-order valence-corrected chi connectivity index (χ1v) is 10.9. The molecule has 8 heteroatoms. The number of carbonyl (C=O) groups excluding carboxylic acids is 2. The minimum Gasteiger partial charge on any atom is -0.369 e. The largest absolute Gasteiger partial charge is 0.369 e. The Labute approximate surface area is 171 Å². The molecule has 0 unspecified atom stereocenters. The summed E-state index contributed by atoms with van der Waals surface area (Å²) in [6.07, 6.45) is 2.46. The van der Waals surface area contributed by atoms with Crippen molar-refractivity contribution < 1.29 is 9.59 Å². The molecule has 0 radical (unpaired) electrons. The molecule has 1 fully saturated rings. The zero-order chi connectivity index (χ0) is 19.5. The molecule has 28 heavy (non-hydrogen) atoms. The Hall–Kier alpha value is -2.45. The van der Waals surface area contributed by atoms with Gasteiger partial charge in [-0.05, 0) is 30.5 Å². The van der Waals surface area contributed by atoms with Crippen LogP contribution >= 0.6 is 23.1 Å². The van der Waals surface area contributed by atoms with Crippen LogP contribution in [-0.4, -0.2) is 32.2 Å². The van der Waals surface area contributed by atoms with Crippen LogP contribution in [0.25, 0.3) is 0 Å². The minimum atomic E-state index is -0.392. The van der Waals surface area contributed by atoms with E-state index in [1.807, 2.05) is 18.2 Å². The Morgan fingerprint density at radius 3 is 2.64 bits per heavy atom. The van der Waals surface area contributed by atoms with E-state index in [-0.39, 0.29) is 18.0 Å². The number of thioether (sulfide) groups is 1. The van der Waals surface area contributed by atoms with Crippen LogP contribution < -0.4 is 5.73 Å². The number of benzene rings is 1. The van der Waals surface area contributed by atoms with Gasteiger partial charge in [-0.15, -0.1) is 21.5 Å². The zero-order valence-corrected chi connectivity index (χ0v) is 16.8. The number of Topliss-reactive ketones (excluding diaryl/α,β-unsaturated/α-hetero) is 1. The molecule has 144 valence electrons. The first kappa shape index (κ1) is 18.9. The van der Waals surface area contributed by atoms with Crippen molar-refractivity contribution in [3.63, 3.8) is 0 Å². The van der Waals surface area contributed by atoms with Crippen LogP contribution in [0.2, 0.25) is 0 Å². The lowest BCUT2D eigenvalue weighted by Gasteiger charge is -2.09. The van der Waals surface area contributed by atoms with Crippen molar-refractivity contribution in [2.45, 2.75) is 36.9 Å². The van der Waals surface area contributed by atoms with Gasteiger partial charge in [0.15, 0.2) is 10.9 Å². The second-order valence-corrected chi connectivity index (χ2v) is 8.92. The van der Waals surface area contributed by atoms with E-state index in [2.05, 4.69) is 26.9 Å². The van der Waals surface area contributed by atoms with E-state index in [1.165, 1.54) is 28.7 Å². The van der Waals surface area contributed by atoms with Gasteiger partial charge in [0.25, 0.3) is 0 Å². The summed E-state index contributed by atoms with van der Waals surface area (Å²) in [6.45, 7) is 0.706. The van der Waals surface area contributed by atoms with Crippen molar-refractivity contribution in [3.8, 4) is 0 Å². The van der Waals surface area contributed by atoms with Gasteiger partial charge in [-0.2, -0.15) is 0 Å². The summed E-state index contributed by atoms with van der Waals surface area (Å²) in [7, 11) is 0. The fourth-order valence-electron chi connectivity index (χ4n) is 2.96. The highest BCUT2D eigenvalue weighted by Crippen LogP contribution is 2.40. The molecule has 2 heterocycles. The van der Waals surface area contributed by atoms with E-state index >= 15 is 0 Å². The molecule has 0 bridgehead atoms. The van der Waals surface area contributed by atoms with Gasteiger partial charge in [0.1, 0.15) is 5.82 Å². The van der Waals surface area contributed by atoms with E-state index in [0.717, 1.165) is 28.7 Å². The molecule has 1 aliphatic carbocycles. The number of nitrogens with two attached hydrogens (primary N) is 1. The number of rotatable bonds is 9. The second-order valence-electron chi connectivity index (χ2n) is 6.81. The molecule has 0 saturated heterocycles. The average Bonchev–Trinajstić information content (AvgIpc) is 3.29. The average molecular weight is 413 g/mol. The van der Waals surface area contributed by atoms with E-state index < -0.39 is 5.91 Å². The molecule has 2 N–H and O–H groups in total. The maximum atomic E-state index is 12.6. The number of hydrogen-bond donors (Lipinski definition) is 1. The summed E-state index contributed by atoms with van der Waals surface area (Å²) in [5.74, 6) is 1.41. The first-order valence-electron chi connectivity index (χ1n) is 9.10. The molecule has 1 amide bonds.